The molecular weight excluding hydrogens is 1180 g/mol. The van der Waals surface area contributed by atoms with Crippen molar-refractivity contribution in [1.82, 2.24) is 0 Å². The lowest BCUT2D eigenvalue weighted by Gasteiger charge is -2.50. The summed E-state index contributed by atoms with van der Waals surface area (Å²) in [6.07, 6.45) is -72.4. The molecule has 34 fully saturated rings. The maximum atomic E-state index is 11.5. The smallest absolute Gasteiger partial charge is 0.187 e. The number of hydrogen-bond donors (Lipinski definition) is 20. The fourth-order valence-electron chi connectivity index (χ4n) is 12.6. The minimum Gasteiger partial charge on any atom is -0.394 e. The van der Waals surface area contributed by atoms with Crippen LogP contribution in [0.3, 0.4) is 0 Å². The van der Waals surface area contributed by atoms with E-state index in [4.69, 9.17) is 85.3 Å². The summed E-state index contributed by atoms with van der Waals surface area (Å²) in [6.45, 7) is -6.48. The minimum absolute atomic E-state index is 0.280. The van der Waals surface area contributed by atoms with Crippen LogP contribution in [0.5, 0.6) is 0 Å². The van der Waals surface area contributed by atoms with Crippen molar-refractivity contribution < 1.29 is 187 Å². The van der Waals surface area contributed by atoms with Crippen LogP contribution in [0, 0.1) is 0 Å². The van der Waals surface area contributed by atoms with Crippen LogP contribution in [0.4, 0.5) is 0 Å². The predicted octanol–water partition coefficient (Wildman–Crippen LogP) is -15.3. The molecule has 0 aromatic rings. The molecule has 34 saturated heterocycles. The van der Waals surface area contributed by atoms with Gasteiger partial charge in [0.05, 0.1) is 52.9 Å². The van der Waals surface area contributed by atoms with Crippen LogP contribution in [0.2, 0.25) is 0 Å². The first-order valence-corrected chi connectivity index (χ1v) is 28.0. The summed E-state index contributed by atoms with van der Waals surface area (Å²) in [6, 6.07) is 0. The Morgan fingerprint density at radius 1 is 0.186 bits per heavy atom. The lowest BCUT2D eigenvalue weighted by Crippen LogP contribution is -2.68. The molecule has 0 unspecified atom stereocenters. The highest BCUT2D eigenvalue weighted by molar-refractivity contribution is 5.04. The summed E-state index contributed by atoms with van der Waals surface area (Å²) in [5, 5.41) is 222. The first kappa shape index (κ1) is 66.0. The summed E-state index contributed by atoms with van der Waals surface area (Å²) in [7, 11) is 0. The second-order valence-corrected chi connectivity index (χ2v) is 22.7. The third kappa shape index (κ3) is 12.1. The van der Waals surface area contributed by atoms with E-state index in [2.05, 4.69) is 0 Å². The zero-order chi connectivity index (χ0) is 61.5. The van der Waals surface area contributed by atoms with Gasteiger partial charge in [0, 0.05) is 0 Å². The van der Waals surface area contributed by atoms with Crippen LogP contribution >= 0.6 is 0 Å². The van der Waals surface area contributed by atoms with Gasteiger partial charge in [-0.15, -0.1) is 0 Å². The van der Waals surface area contributed by atoms with Crippen molar-refractivity contribution >= 4 is 0 Å². The van der Waals surface area contributed by atoms with Crippen LogP contribution < -0.4 is 0 Å². The standard InChI is InChI=1S/C48H76O38/c49-1-9-31-17(55)23(61)41(71-9)80-32-10(2-50)73-43(25(63)19(32)57)82-34-12(4-52)75-45(27(65)21(34)59)85-37-15-7-70-40(37)30(68)48(78-15)84-36-14(6-54)76-46(28(66)22(36)60)86-38-16-8-69-39(38)29(67)47(77-16)83-35-13(5-53)74-44(26(64)20(35)58)81-33-11(3-51)72-42(79-31)24(62)18(33)56/h9-68H,1-8H2/t9-,10-,11-,12-,13-,14-,15-,16-,17-,18-,19-,20-,21-,22-,23-,24-,25-,26-,27-,28-,29-,30-,31-,32-,33-,34-,35-,36-,37-,38-,39-,40-,41-,42-,43-,44-,45-,46-,47-,48-/m1/s1. The van der Waals surface area contributed by atoms with Crippen LogP contribution in [0.25, 0.3) is 0 Å². The molecule has 38 nitrogen and oxygen atoms in total. The maximum absolute atomic E-state index is 11.5. The number of rotatable bonds is 6. The van der Waals surface area contributed by atoms with Gasteiger partial charge in [-0.05, 0) is 0 Å². The highest BCUT2D eigenvalue weighted by Gasteiger charge is 2.62. The quantitative estimate of drug-likeness (QED) is 0.117. The van der Waals surface area contributed by atoms with Gasteiger partial charge < -0.3 is 187 Å². The van der Waals surface area contributed by atoms with Gasteiger partial charge >= 0.3 is 0 Å². The Kier molecular flexibility index (Phi) is 20.9. The molecule has 40 atom stereocenters. The SMILES string of the molecule is OC[C@H]1O[C@@H]2O[C@H]3[C@H](O)[C@@H](O)[C@@H](O[C@H]4[C@H](O)[C@@H](O)[C@@H](O[C@H]5[C@@H]6OC[C@H]5O[C@H](O[C@H]5[C@H](O)[C@@H](O)[C@@H](O[C@H]7[C@@H]8OC[C@H]7O[C@H](O[C@H]7[C@H](O)[C@@H](O)[C@@H](O[C@H]9[C@H](O)[C@@H](O)[C@@H](O[C@H]1[C@H](O)[C@H]2O)O[C@@H]9CO)O[C@@H]7CO)[C@@H]8O)O[C@@H]5CO)[C@@H]6O)O[C@@H]4CO)O[C@@H]3CO. The number of hydrogen-bond acceptors (Lipinski definition) is 38. The Balaban J connectivity index is 0.836. The number of ether oxygens (including phenoxy) is 18. The third-order valence-electron chi connectivity index (χ3n) is 17.4. The molecule has 0 aliphatic carbocycles. The zero-order valence-corrected chi connectivity index (χ0v) is 45.0. The van der Waals surface area contributed by atoms with Crippen molar-refractivity contribution in [1.29, 1.82) is 0 Å². The largest absolute Gasteiger partial charge is 0.394 e. The molecule has 34 rings (SSSR count). The molecule has 0 aromatic heterocycles. The highest BCUT2D eigenvalue weighted by atomic mass is 16.8. The van der Waals surface area contributed by atoms with Crippen molar-refractivity contribution in [2.45, 2.75) is 246 Å². The molecule has 34 aliphatic rings. The van der Waals surface area contributed by atoms with E-state index in [-0.39, 0.29) is 13.2 Å². The number of aliphatic hydroxyl groups excluding tert-OH is 20. The Morgan fingerprint density at radius 3 is 0.547 bits per heavy atom. The molecule has 20 bridgehead atoms. The van der Waals surface area contributed by atoms with E-state index < -0.39 is 285 Å². The molecule has 0 saturated carbocycles. The fourth-order valence-corrected chi connectivity index (χ4v) is 12.6. The van der Waals surface area contributed by atoms with E-state index in [1.54, 1.807) is 0 Å². The molecule has 0 aromatic carbocycles. The van der Waals surface area contributed by atoms with Gasteiger partial charge in [-0.1, -0.05) is 0 Å². The highest BCUT2D eigenvalue weighted by Crippen LogP contribution is 2.42. The van der Waals surface area contributed by atoms with Crippen molar-refractivity contribution in [3.8, 4) is 0 Å². The first-order chi connectivity index (χ1) is 41.1. The van der Waals surface area contributed by atoms with Crippen LogP contribution in [-0.2, 0) is 85.3 Å². The van der Waals surface area contributed by atoms with E-state index in [0.717, 1.165) is 0 Å². The van der Waals surface area contributed by atoms with Crippen LogP contribution in [0.15, 0.2) is 0 Å². The average molecular weight is 1260 g/mol. The van der Waals surface area contributed by atoms with Gasteiger partial charge in [0.2, 0.25) is 0 Å². The Morgan fingerprint density at radius 2 is 0.360 bits per heavy atom. The molecule has 0 amide bonds. The van der Waals surface area contributed by atoms with Gasteiger partial charge in [-0.25, -0.2) is 0 Å². The van der Waals surface area contributed by atoms with Gasteiger partial charge in [-0.3, -0.25) is 0 Å². The molecule has 34 aliphatic heterocycles. The number of aliphatic hydroxyl groups is 20. The maximum Gasteiger partial charge on any atom is 0.187 e. The van der Waals surface area contributed by atoms with Crippen LogP contribution in [-0.4, -0.2) is 401 Å². The topological polar surface area (TPSA) is 571 Å². The summed E-state index contributed by atoms with van der Waals surface area (Å²) in [4.78, 5) is 0. The first-order valence-electron chi connectivity index (χ1n) is 28.0. The van der Waals surface area contributed by atoms with Gasteiger partial charge in [0.25, 0.3) is 0 Å². The average Bonchev–Trinajstić information content (AvgIpc) is 1.60. The zero-order valence-electron chi connectivity index (χ0n) is 45.0. The van der Waals surface area contributed by atoms with E-state index in [9.17, 15) is 102 Å². The normalized spacial score (nSPS) is 57.3. The second-order valence-electron chi connectivity index (χ2n) is 22.7. The van der Waals surface area contributed by atoms with E-state index in [0.29, 0.717) is 0 Å². The van der Waals surface area contributed by atoms with E-state index in [1.165, 1.54) is 0 Å². The van der Waals surface area contributed by atoms with Crippen molar-refractivity contribution in [2.75, 3.05) is 52.9 Å². The second kappa shape index (κ2) is 27.2. The van der Waals surface area contributed by atoms with Crippen LogP contribution in [0.1, 0.15) is 0 Å². The molecule has 496 valence electrons. The lowest BCUT2D eigenvalue weighted by molar-refractivity contribution is -0.398. The molecular formula is C48H76O38. The summed E-state index contributed by atoms with van der Waals surface area (Å²) < 4.78 is 105. The molecule has 0 spiro atoms. The van der Waals surface area contributed by atoms with E-state index >= 15 is 0 Å². The molecule has 20 N–H and O–H groups in total. The molecule has 0 radical (unpaired) electrons. The van der Waals surface area contributed by atoms with Crippen molar-refractivity contribution in [2.24, 2.45) is 0 Å². The van der Waals surface area contributed by atoms with Gasteiger partial charge in [-0.2, -0.15) is 0 Å². The fraction of sp³-hybridized carbons (Fsp3) is 1.00. The van der Waals surface area contributed by atoms with Gasteiger partial charge in [0.15, 0.2) is 50.3 Å². The summed E-state index contributed by atoms with van der Waals surface area (Å²) >= 11 is 0. The predicted molar refractivity (Wildman–Crippen MR) is 254 cm³/mol. The third-order valence-corrected chi connectivity index (χ3v) is 17.4. The van der Waals surface area contributed by atoms with Crippen molar-refractivity contribution in [3.63, 3.8) is 0 Å². The Hall–Kier alpha value is -1.52. The lowest BCUT2D eigenvalue weighted by atomic mass is 9.95. The monoisotopic (exact) mass is 1260 g/mol. The van der Waals surface area contributed by atoms with Crippen molar-refractivity contribution in [3.05, 3.63) is 0 Å². The van der Waals surface area contributed by atoms with Gasteiger partial charge in [0.1, 0.15) is 195 Å². The Labute approximate surface area is 485 Å². The van der Waals surface area contributed by atoms with E-state index in [1.807, 2.05) is 0 Å². The summed E-state index contributed by atoms with van der Waals surface area (Å²) in [5.41, 5.74) is 0. The minimum atomic E-state index is -2.20. The molecule has 38 heteroatoms. The molecule has 34 heterocycles. The summed E-state index contributed by atoms with van der Waals surface area (Å²) in [5.74, 6) is 0. The Bertz CT molecular complexity index is 2160. The molecule has 86 heavy (non-hydrogen) atoms.